The fourth-order valence-electron chi connectivity index (χ4n) is 0.224. The van der Waals surface area contributed by atoms with Gasteiger partial charge in [0.1, 0.15) is 0 Å². The molecule has 0 atom stereocenters. The Labute approximate surface area is 61.9 Å². The minimum atomic E-state index is 0.195. The van der Waals surface area contributed by atoms with Crippen molar-refractivity contribution in [2.45, 2.75) is 12.8 Å². The molecule has 0 fully saturated rings. The van der Waals surface area contributed by atoms with Crippen LogP contribution in [0.1, 0.15) is 12.8 Å². The molecule has 0 aliphatic carbocycles. The largest absolute Gasteiger partial charge is 0.505 e. The highest BCUT2D eigenvalue weighted by Crippen LogP contribution is 1.80. The Bertz CT molecular complexity index is 50.8. The van der Waals surface area contributed by atoms with E-state index in [1.165, 1.54) is 6.26 Å². The highest BCUT2D eigenvalue weighted by atomic mass is 16.5. The lowest BCUT2D eigenvalue weighted by Gasteiger charge is -1.85. The summed E-state index contributed by atoms with van der Waals surface area (Å²) in [6.45, 7) is 3.65. The van der Waals surface area contributed by atoms with Gasteiger partial charge in [-0.2, -0.15) is 0 Å². The maximum atomic E-state index is 8.09. The van der Waals surface area contributed by atoms with E-state index < -0.39 is 0 Å². The van der Waals surface area contributed by atoms with Gasteiger partial charge in [-0.15, -0.1) is 0 Å². The first-order chi connectivity index (χ1) is 4.83. The lowest BCUT2D eigenvalue weighted by molar-refractivity contribution is 0.242. The standard InChI is InChI=1S/C4H10O2.C3H6O/c5-3-1-2-4-6;1-3-4-2/h5-6H,1-4H2;3H,1H2,2H3. The van der Waals surface area contributed by atoms with Gasteiger partial charge in [0, 0.05) is 13.2 Å². The summed E-state index contributed by atoms with van der Waals surface area (Å²) in [5.41, 5.74) is 0. The van der Waals surface area contributed by atoms with Crippen molar-refractivity contribution in [3.63, 3.8) is 0 Å². The van der Waals surface area contributed by atoms with E-state index in [0.29, 0.717) is 0 Å². The molecule has 0 aromatic rings. The summed E-state index contributed by atoms with van der Waals surface area (Å²) >= 11 is 0. The summed E-state index contributed by atoms with van der Waals surface area (Å²) in [4.78, 5) is 0. The van der Waals surface area contributed by atoms with Crippen LogP contribution < -0.4 is 0 Å². The number of ether oxygens (including phenoxy) is 1. The second-order valence-corrected chi connectivity index (χ2v) is 1.56. The Morgan fingerprint density at radius 1 is 1.30 bits per heavy atom. The molecule has 0 spiro atoms. The number of unbranched alkanes of at least 4 members (excludes halogenated alkanes) is 1. The van der Waals surface area contributed by atoms with Gasteiger partial charge in [0.15, 0.2) is 0 Å². The molecule has 3 heteroatoms. The van der Waals surface area contributed by atoms with Crippen molar-refractivity contribution < 1.29 is 14.9 Å². The zero-order valence-corrected chi connectivity index (χ0v) is 6.42. The number of hydrogen-bond donors (Lipinski definition) is 2. The summed E-state index contributed by atoms with van der Waals surface area (Å²) in [7, 11) is 1.56. The van der Waals surface area contributed by atoms with Crippen molar-refractivity contribution >= 4 is 0 Å². The molecular formula is C7H16O3. The van der Waals surface area contributed by atoms with Crippen LogP contribution in [-0.4, -0.2) is 30.5 Å². The van der Waals surface area contributed by atoms with E-state index in [9.17, 15) is 0 Å². The molecule has 0 saturated heterocycles. The Balaban J connectivity index is 0. The highest BCUT2D eigenvalue weighted by Gasteiger charge is 1.77. The summed E-state index contributed by atoms with van der Waals surface area (Å²) in [5.74, 6) is 0. The molecule has 0 aliphatic heterocycles. The zero-order valence-electron chi connectivity index (χ0n) is 6.42. The molecular weight excluding hydrogens is 132 g/mol. The second-order valence-electron chi connectivity index (χ2n) is 1.56. The Morgan fingerprint density at radius 3 is 1.70 bits per heavy atom. The molecule has 0 amide bonds. The lowest BCUT2D eigenvalue weighted by atomic mass is 10.3. The SMILES string of the molecule is C=COC.OCCCCO. The Morgan fingerprint density at radius 2 is 1.60 bits per heavy atom. The van der Waals surface area contributed by atoms with E-state index in [4.69, 9.17) is 10.2 Å². The van der Waals surface area contributed by atoms with Gasteiger partial charge >= 0.3 is 0 Å². The van der Waals surface area contributed by atoms with E-state index in [-0.39, 0.29) is 13.2 Å². The Kier molecular flexibility index (Phi) is 19.2. The number of aliphatic hydroxyl groups excluding tert-OH is 2. The third-order valence-electron chi connectivity index (χ3n) is 0.733. The van der Waals surface area contributed by atoms with Crippen LogP contribution in [0.15, 0.2) is 12.8 Å². The van der Waals surface area contributed by atoms with Crippen molar-refractivity contribution in [2.24, 2.45) is 0 Å². The molecule has 0 unspecified atom stereocenters. The van der Waals surface area contributed by atoms with Crippen LogP contribution >= 0.6 is 0 Å². The topological polar surface area (TPSA) is 49.7 Å². The molecule has 62 valence electrons. The van der Waals surface area contributed by atoms with Gasteiger partial charge < -0.3 is 14.9 Å². The summed E-state index contributed by atoms with van der Waals surface area (Å²) in [6.07, 6.45) is 2.81. The maximum absolute atomic E-state index is 8.09. The molecule has 0 radical (unpaired) electrons. The number of aliphatic hydroxyl groups is 2. The van der Waals surface area contributed by atoms with Gasteiger partial charge in [-0.3, -0.25) is 0 Å². The van der Waals surface area contributed by atoms with Crippen molar-refractivity contribution in [3.05, 3.63) is 12.8 Å². The fraction of sp³-hybridized carbons (Fsp3) is 0.714. The van der Waals surface area contributed by atoms with Crippen molar-refractivity contribution in [2.75, 3.05) is 20.3 Å². The smallest absolute Gasteiger partial charge is 0.0766 e. The van der Waals surface area contributed by atoms with Crippen LogP contribution in [0.4, 0.5) is 0 Å². The molecule has 0 bridgehead atoms. The van der Waals surface area contributed by atoms with Crippen LogP contribution in [0, 0.1) is 0 Å². The lowest BCUT2D eigenvalue weighted by Crippen LogP contribution is -1.85. The Hall–Kier alpha value is -0.540. The maximum Gasteiger partial charge on any atom is 0.0766 e. The average Bonchev–Trinajstić information content (AvgIpc) is 2.01. The van der Waals surface area contributed by atoms with Crippen LogP contribution in [0.2, 0.25) is 0 Å². The number of hydrogen-bond acceptors (Lipinski definition) is 3. The predicted octanol–water partition coefficient (Wildman–Crippen LogP) is 0.527. The summed E-state index contributed by atoms with van der Waals surface area (Å²) in [5, 5.41) is 16.2. The van der Waals surface area contributed by atoms with Crippen LogP contribution in [-0.2, 0) is 4.74 Å². The minimum Gasteiger partial charge on any atom is -0.505 e. The first-order valence-electron chi connectivity index (χ1n) is 3.18. The van der Waals surface area contributed by atoms with E-state index in [0.717, 1.165) is 12.8 Å². The zero-order chi connectivity index (χ0) is 8.24. The van der Waals surface area contributed by atoms with Gasteiger partial charge in [0.05, 0.1) is 13.4 Å². The van der Waals surface area contributed by atoms with Gasteiger partial charge in [0.2, 0.25) is 0 Å². The van der Waals surface area contributed by atoms with Gasteiger partial charge in [-0.1, -0.05) is 6.58 Å². The quantitative estimate of drug-likeness (QED) is 0.451. The van der Waals surface area contributed by atoms with Crippen molar-refractivity contribution in [1.29, 1.82) is 0 Å². The molecule has 10 heavy (non-hydrogen) atoms. The monoisotopic (exact) mass is 148 g/mol. The molecule has 0 heterocycles. The van der Waals surface area contributed by atoms with E-state index in [2.05, 4.69) is 11.3 Å². The predicted molar refractivity (Wildman–Crippen MR) is 40.6 cm³/mol. The average molecular weight is 148 g/mol. The fourth-order valence-corrected chi connectivity index (χ4v) is 0.224. The molecule has 0 saturated carbocycles. The first kappa shape index (κ1) is 12.2. The minimum absolute atomic E-state index is 0.195. The molecule has 0 aliphatic rings. The van der Waals surface area contributed by atoms with Gasteiger partial charge in [-0.05, 0) is 12.8 Å². The van der Waals surface area contributed by atoms with E-state index in [1.807, 2.05) is 0 Å². The first-order valence-corrected chi connectivity index (χ1v) is 3.18. The van der Waals surface area contributed by atoms with Crippen molar-refractivity contribution in [3.8, 4) is 0 Å². The molecule has 3 nitrogen and oxygen atoms in total. The van der Waals surface area contributed by atoms with E-state index >= 15 is 0 Å². The van der Waals surface area contributed by atoms with Crippen molar-refractivity contribution in [1.82, 2.24) is 0 Å². The molecule has 2 N–H and O–H groups in total. The van der Waals surface area contributed by atoms with Gasteiger partial charge in [0.25, 0.3) is 0 Å². The normalized spacial score (nSPS) is 7.50. The molecule has 0 aromatic heterocycles. The summed E-state index contributed by atoms with van der Waals surface area (Å²) in [6, 6.07) is 0. The highest BCUT2D eigenvalue weighted by molar-refractivity contribution is 4.43. The van der Waals surface area contributed by atoms with Gasteiger partial charge in [-0.25, -0.2) is 0 Å². The van der Waals surface area contributed by atoms with Crippen LogP contribution in [0.3, 0.4) is 0 Å². The summed E-state index contributed by atoms with van der Waals surface area (Å²) < 4.78 is 4.31. The molecule has 0 aromatic carbocycles. The second kappa shape index (κ2) is 15.8. The number of rotatable bonds is 4. The third-order valence-corrected chi connectivity index (χ3v) is 0.733. The third kappa shape index (κ3) is 26.0. The van der Waals surface area contributed by atoms with E-state index in [1.54, 1.807) is 7.11 Å². The van der Waals surface area contributed by atoms with Crippen LogP contribution in [0.25, 0.3) is 0 Å². The van der Waals surface area contributed by atoms with Crippen LogP contribution in [0.5, 0.6) is 0 Å². The molecule has 0 rings (SSSR count). The number of methoxy groups -OCH3 is 1.